The van der Waals surface area contributed by atoms with Crippen LogP contribution in [0, 0.1) is 0 Å². The zero-order valence-corrected chi connectivity index (χ0v) is 19.6. The Morgan fingerprint density at radius 3 is 1.69 bits per heavy atom. The van der Waals surface area contributed by atoms with Crippen molar-refractivity contribution in [1.82, 2.24) is 0 Å². The first kappa shape index (κ1) is 18.7. The summed E-state index contributed by atoms with van der Waals surface area (Å²) in [6.45, 7) is 0. The fraction of sp³-hybridized carbons (Fsp3) is 0.0286. The van der Waals surface area contributed by atoms with Crippen molar-refractivity contribution in [1.29, 1.82) is 0 Å². The van der Waals surface area contributed by atoms with Crippen LogP contribution in [0.1, 0.15) is 22.3 Å². The van der Waals surface area contributed by atoms with E-state index in [1.165, 1.54) is 72.3 Å². The molecule has 0 bridgehead atoms. The van der Waals surface area contributed by atoms with E-state index in [1.807, 2.05) is 0 Å². The summed E-state index contributed by atoms with van der Waals surface area (Å²) in [6, 6.07) is 47.5. The molecule has 6 aromatic carbocycles. The molecule has 1 heteroatoms. The molecule has 0 atom stereocenters. The van der Waals surface area contributed by atoms with Gasteiger partial charge in [0.05, 0.1) is 22.5 Å². The van der Waals surface area contributed by atoms with Gasteiger partial charge in [0, 0.05) is 10.9 Å². The summed E-state index contributed by atoms with van der Waals surface area (Å²) >= 11 is 0. The molecule has 0 N–H and O–H groups in total. The number of anilines is 3. The fourth-order valence-electron chi connectivity index (χ4n) is 7.35. The van der Waals surface area contributed by atoms with Gasteiger partial charge in [-0.3, -0.25) is 0 Å². The molecular weight excluding hydrogens is 434 g/mol. The van der Waals surface area contributed by atoms with Gasteiger partial charge >= 0.3 is 0 Å². The first-order valence-electron chi connectivity index (χ1n) is 12.6. The molecule has 166 valence electrons. The molecular formula is C35H21N. The average Bonchev–Trinajstić information content (AvgIpc) is 3.24. The van der Waals surface area contributed by atoms with Crippen LogP contribution in [-0.2, 0) is 5.41 Å². The van der Waals surface area contributed by atoms with E-state index in [-0.39, 0.29) is 5.41 Å². The summed E-state index contributed by atoms with van der Waals surface area (Å²) in [5.41, 5.74) is 14.3. The predicted octanol–water partition coefficient (Wildman–Crippen LogP) is 8.97. The number of rotatable bonds is 0. The molecule has 1 spiro atoms. The van der Waals surface area contributed by atoms with Crippen LogP contribution in [-0.4, -0.2) is 0 Å². The Morgan fingerprint density at radius 1 is 0.389 bits per heavy atom. The second-order valence-corrected chi connectivity index (χ2v) is 10.1. The van der Waals surface area contributed by atoms with Gasteiger partial charge in [-0.2, -0.15) is 0 Å². The van der Waals surface area contributed by atoms with E-state index in [9.17, 15) is 0 Å². The van der Waals surface area contributed by atoms with E-state index < -0.39 is 0 Å². The zero-order chi connectivity index (χ0) is 23.4. The van der Waals surface area contributed by atoms with E-state index in [4.69, 9.17) is 0 Å². The standard InChI is InChI=1S/C35H21N/c1-3-16-27-23(12-1)24-13-2-4-17-28(24)35(27)29-18-5-6-20-31(29)36-32-21-8-11-22-10-7-14-25(33(22)32)26-15-9-19-30(35)34(26)36/h1-21H. The zero-order valence-electron chi connectivity index (χ0n) is 19.6. The summed E-state index contributed by atoms with van der Waals surface area (Å²) in [7, 11) is 0. The summed E-state index contributed by atoms with van der Waals surface area (Å²) in [6.07, 6.45) is 0. The molecule has 0 saturated heterocycles. The molecule has 0 unspecified atom stereocenters. The van der Waals surface area contributed by atoms with Crippen molar-refractivity contribution < 1.29 is 0 Å². The maximum Gasteiger partial charge on any atom is 0.0754 e. The van der Waals surface area contributed by atoms with Crippen LogP contribution in [0.25, 0.3) is 33.0 Å². The molecule has 3 aliphatic rings. The highest BCUT2D eigenvalue weighted by Crippen LogP contribution is 2.66. The van der Waals surface area contributed by atoms with Crippen molar-refractivity contribution in [3.8, 4) is 22.3 Å². The minimum Gasteiger partial charge on any atom is -0.309 e. The van der Waals surface area contributed by atoms with E-state index in [0.717, 1.165) is 0 Å². The highest BCUT2D eigenvalue weighted by atomic mass is 15.2. The van der Waals surface area contributed by atoms with Crippen molar-refractivity contribution >= 4 is 27.8 Å². The minimum absolute atomic E-state index is 0.355. The van der Waals surface area contributed by atoms with Gasteiger partial charge in [-0.05, 0) is 56.5 Å². The molecule has 36 heavy (non-hydrogen) atoms. The summed E-state index contributed by atoms with van der Waals surface area (Å²) in [5.74, 6) is 0. The average molecular weight is 456 g/mol. The SMILES string of the molecule is c1ccc2c(c1)-c1ccccc1C21c2ccccc2N2c3c(cccc31)-c1cccc3cccc2c13. The van der Waals surface area contributed by atoms with Crippen LogP contribution in [0.2, 0.25) is 0 Å². The van der Waals surface area contributed by atoms with Crippen molar-refractivity contribution in [2.24, 2.45) is 0 Å². The van der Waals surface area contributed by atoms with E-state index in [2.05, 4.69) is 132 Å². The Labute approximate surface area is 209 Å². The summed E-state index contributed by atoms with van der Waals surface area (Å²) in [5, 5.41) is 2.62. The molecule has 1 aliphatic carbocycles. The molecule has 0 radical (unpaired) electrons. The van der Waals surface area contributed by atoms with Crippen LogP contribution in [0.4, 0.5) is 17.1 Å². The van der Waals surface area contributed by atoms with Gasteiger partial charge in [-0.25, -0.2) is 0 Å². The lowest BCUT2D eigenvalue weighted by molar-refractivity contribution is 0.753. The van der Waals surface area contributed by atoms with E-state index in [1.54, 1.807) is 0 Å². The smallest absolute Gasteiger partial charge is 0.0754 e. The first-order valence-corrected chi connectivity index (χ1v) is 12.6. The quantitative estimate of drug-likeness (QED) is 0.221. The Bertz CT molecular complexity index is 1860. The monoisotopic (exact) mass is 455 g/mol. The Kier molecular flexibility index (Phi) is 3.28. The van der Waals surface area contributed by atoms with Crippen LogP contribution in [0.3, 0.4) is 0 Å². The van der Waals surface area contributed by atoms with Crippen molar-refractivity contribution in [3.05, 3.63) is 150 Å². The summed E-state index contributed by atoms with van der Waals surface area (Å²) < 4.78 is 0. The maximum atomic E-state index is 2.53. The van der Waals surface area contributed by atoms with Gasteiger partial charge in [0.1, 0.15) is 0 Å². The van der Waals surface area contributed by atoms with Crippen molar-refractivity contribution in [3.63, 3.8) is 0 Å². The second kappa shape index (κ2) is 6.33. The van der Waals surface area contributed by atoms with Gasteiger partial charge in [0.25, 0.3) is 0 Å². The van der Waals surface area contributed by atoms with Crippen LogP contribution < -0.4 is 4.90 Å². The number of fused-ring (bicyclic) bond motifs is 11. The van der Waals surface area contributed by atoms with Gasteiger partial charge in [-0.1, -0.05) is 115 Å². The third kappa shape index (κ3) is 1.94. The molecule has 0 aromatic heterocycles. The lowest BCUT2D eigenvalue weighted by atomic mass is 9.63. The van der Waals surface area contributed by atoms with Crippen molar-refractivity contribution in [2.45, 2.75) is 5.41 Å². The molecule has 9 rings (SSSR count). The van der Waals surface area contributed by atoms with E-state index in [0.29, 0.717) is 0 Å². The topological polar surface area (TPSA) is 3.24 Å². The van der Waals surface area contributed by atoms with Gasteiger partial charge in [-0.15, -0.1) is 0 Å². The van der Waals surface area contributed by atoms with Crippen molar-refractivity contribution in [2.75, 3.05) is 4.90 Å². The minimum atomic E-state index is -0.355. The Balaban J connectivity index is 1.54. The van der Waals surface area contributed by atoms with Gasteiger partial charge < -0.3 is 4.90 Å². The summed E-state index contributed by atoms with van der Waals surface area (Å²) in [4.78, 5) is 2.53. The predicted molar refractivity (Wildman–Crippen MR) is 148 cm³/mol. The molecule has 0 amide bonds. The lowest BCUT2D eigenvalue weighted by Crippen LogP contribution is -2.37. The second-order valence-electron chi connectivity index (χ2n) is 10.1. The number of para-hydroxylation sites is 2. The first-order chi connectivity index (χ1) is 17.9. The third-order valence-electron chi connectivity index (χ3n) is 8.58. The van der Waals surface area contributed by atoms with Crippen LogP contribution in [0.15, 0.2) is 127 Å². The lowest BCUT2D eigenvalue weighted by Gasteiger charge is -2.47. The van der Waals surface area contributed by atoms with Crippen LogP contribution >= 0.6 is 0 Å². The molecule has 1 nitrogen and oxygen atoms in total. The Morgan fingerprint density at radius 2 is 0.917 bits per heavy atom. The Hall–Kier alpha value is -4.62. The number of hydrogen-bond acceptors (Lipinski definition) is 1. The molecule has 6 aromatic rings. The molecule has 2 aliphatic heterocycles. The molecule has 2 heterocycles. The highest BCUT2D eigenvalue weighted by molar-refractivity contribution is 6.16. The third-order valence-corrected chi connectivity index (χ3v) is 8.58. The molecule has 0 fully saturated rings. The number of nitrogens with zero attached hydrogens (tertiary/aromatic N) is 1. The van der Waals surface area contributed by atoms with E-state index >= 15 is 0 Å². The number of benzene rings is 6. The molecule has 0 saturated carbocycles. The van der Waals surface area contributed by atoms with Gasteiger partial charge in [0.15, 0.2) is 0 Å². The number of hydrogen-bond donors (Lipinski definition) is 0. The van der Waals surface area contributed by atoms with Gasteiger partial charge in [0.2, 0.25) is 0 Å². The highest BCUT2D eigenvalue weighted by Gasteiger charge is 2.52. The normalized spacial score (nSPS) is 14.8. The van der Waals surface area contributed by atoms with Crippen LogP contribution in [0.5, 0.6) is 0 Å². The largest absolute Gasteiger partial charge is 0.309 e. The maximum absolute atomic E-state index is 2.53. The fourth-order valence-corrected chi connectivity index (χ4v) is 7.35.